The Kier molecular flexibility index (Phi) is 5.45. The van der Waals surface area contributed by atoms with E-state index in [1.807, 2.05) is 32.0 Å². The Morgan fingerprint density at radius 1 is 1.48 bits per heavy atom. The minimum absolute atomic E-state index is 0.175. The molecule has 0 saturated carbocycles. The number of rotatable bonds is 5. The normalized spacial score (nSPS) is 21.4. The zero-order valence-corrected chi connectivity index (χ0v) is 14.6. The summed E-state index contributed by atoms with van der Waals surface area (Å²) in [5.74, 6) is 0.545. The Balaban J connectivity index is 1.53. The van der Waals surface area contributed by atoms with Crippen molar-refractivity contribution in [2.24, 2.45) is 0 Å². The Morgan fingerprint density at radius 2 is 2.32 bits per heavy atom. The van der Waals surface area contributed by atoms with Crippen molar-refractivity contribution in [3.63, 3.8) is 0 Å². The molecule has 3 heterocycles. The van der Waals surface area contributed by atoms with Crippen LogP contribution in [0.1, 0.15) is 48.1 Å². The smallest absolute Gasteiger partial charge is 0.273 e. The first-order valence-corrected chi connectivity index (χ1v) is 8.60. The van der Waals surface area contributed by atoms with Crippen LogP contribution in [-0.2, 0) is 6.54 Å². The summed E-state index contributed by atoms with van der Waals surface area (Å²) in [4.78, 5) is 18.7. The van der Waals surface area contributed by atoms with Crippen molar-refractivity contribution in [3.8, 4) is 0 Å². The van der Waals surface area contributed by atoms with E-state index in [1.54, 1.807) is 12.3 Å². The maximum Gasteiger partial charge on any atom is 0.273 e. The van der Waals surface area contributed by atoms with Gasteiger partial charge in [0.15, 0.2) is 5.69 Å². The topological polar surface area (TPSA) is 91.5 Å². The molecule has 25 heavy (non-hydrogen) atoms. The van der Waals surface area contributed by atoms with E-state index in [9.17, 15) is 9.90 Å². The van der Waals surface area contributed by atoms with Gasteiger partial charge in [-0.1, -0.05) is 25.1 Å². The maximum absolute atomic E-state index is 12.3. The molecule has 1 aliphatic rings. The first-order valence-electron chi connectivity index (χ1n) is 8.60. The fourth-order valence-corrected chi connectivity index (χ4v) is 2.94. The van der Waals surface area contributed by atoms with E-state index in [-0.39, 0.29) is 23.6 Å². The second-order valence-corrected chi connectivity index (χ2v) is 6.76. The number of β-amino-alcohol motifs (C(OH)–C–C–N with tert-alkyl or cyclic N) is 1. The molecule has 0 aromatic carbocycles. The van der Waals surface area contributed by atoms with Crippen LogP contribution in [0.5, 0.6) is 0 Å². The summed E-state index contributed by atoms with van der Waals surface area (Å²) < 4.78 is 5.16. The number of carbonyl (C=O) groups is 1. The van der Waals surface area contributed by atoms with Crippen molar-refractivity contribution < 1.29 is 14.4 Å². The number of nitrogens with one attached hydrogen (secondary N) is 1. The Labute approximate surface area is 147 Å². The van der Waals surface area contributed by atoms with Crippen molar-refractivity contribution in [1.29, 1.82) is 0 Å². The average Bonchev–Trinajstić information content (AvgIpc) is 3.09. The molecular formula is C18H24N4O3. The molecule has 1 fully saturated rings. The van der Waals surface area contributed by atoms with Crippen molar-refractivity contribution in [3.05, 3.63) is 47.6 Å². The van der Waals surface area contributed by atoms with Crippen LogP contribution in [0.15, 0.2) is 35.0 Å². The molecule has 2 aromatic heterocycles. The van der Waals surface area contributed by atoms with Crippen LogP contribution in [0.3, 0.4) is 0 Å². The van der Waals surface area contributed by atoms with Crippen molar-refractivity contribution in [2.45, 2.75) is 44.9 Å². The average molecular weight is 344 g/mol. The van der Waals surface area contributed by atoms with Gasteiger partial charge in [-0.15, -0.1) is 0 Å². The number of hydrogen-bond acceptors (Lipinski definition) is 6. The summed E-state index contributed by atoms with van der Waals surface area (Å²) in [5, 5.41) is 17.1. The van der Waals surface area contributed by atoms with E-state index in [2.05, 4.69) is 20.4 Å². The fraction of sp³-hybridized carbons (Fsp3) is 0.500. The Bertz CT molecular complexity index is 701. The van der Waals surface area contributed by atoms with Gasteiger partial charge in [0.2, 0.25) is 0 Å². The highest BCUT2D eigenvalue weighted by Crippen LogP contribution is 2.17. The SMILES string of the molecule is CC(C)c1cc(C(=O)N[C@@H]2CCN(Cc3ccccn3)C[C@H]2O)no1. The number of aliphatic hydroxyl groups excluding tert-OH is 1. The quantitative estimate of drug-likeness (QED) is 0.855. The number of piperidine rings is 1. The molecule has 0 aliphatic carbocycles. The minimum Gasteiger partial charge on any atom is -0.390 e. The third-order valence-corrected chi connectivity index (χ3v) is 4.42. The van der Waals surface area contributed by atoms with Crippen LogP contribution in [0.4, 0.5) is 0 Å². The van der Waals surface area contributed by atoms with Crippen LogP contribution in [0.2, 0.25) is 0 Å². The van der Waals surface area contributed by atoms with Gasteiger partial charge in [0.1, 0.15) is 5.76 Å². The molecule has 2 aromatic rings. The summed E-state index contributed by atoms with van der Waals surface area (Å²) in [6, 6.07) is 7.18. The largest absolute Gasteiger partial charge is 0.390 e. The molecule has 0 unspecified atom stereocenters. The lowest BCUT2D eigenvalue weighted by molar-refractivity contribution is 0.0343. The first-order chi connectivity index (χ1) is 12.0. The first kappa shape index (κ1) is 17.6. The number of aromatic nitrogens is 2. The molecule has 0 spiro atoms. The van der Waals surface area contributed by atoms with Crippen molar-refractivity contribution >= 4 is 5.91 Å². The van der Waals surface area contributed by atoms with Gasteiger partial charge in [-0.2, -0.15) is 0 Å². The molecule has 1 aliphatic heterocycles. The summed E-state index contributed by atoms with van der Waals surface area (Å²) in [7, 11) is 0. The second kappa shape index (κ2) is 7.76. The summed E-state index contributed by atoms with van der Waals surface area (Å²) in [5.41, 5.74) is 1.23. The van der Waals surface area contributed by atoms with Crippen LogP contribution in [0.25, 0.3) is 0 Å². The zero-order valence-electron chi connectivity index (χ0n) is 14.6. The summed E-state index contributed by atoms with van der Waals surface area (Å²) in [6.07, 6.45) is 1.81. The van der Waals surface area contributed by atoms with E-state index < -0.39 is 6.10 Å². The van der Waals surface area contributed by atoms with Gasteiger partial charge in [-0.25, -0.2) is 0 Å². The standard InChI is InChI=1S/C18H24N4O3/c1-12(2)17-9-15(21-25-17)18(24)20-14-6-8-22(11-16(14)23)10-13-5-3-4-7-19-13/h3-5,7,9,12,14,16,23H,6,8,10-11H2,1-2H3,(H,20,24)/t14-,16-/m1/s1. The summed E-state index contributed by atoms with van der Waals surface area (Å²) >= 11 is 0. The van der Waals surface area contributed by atoms with Crippen LogP contribution in [-0.4, -0.2) is 51.3 Å². The van der Waals surface area contributed by atoms with Gasteiger partial charge >= 0.3 is 0 Å². The molecule has 0 radical (unpaired) electrons. The number of pyridine rings is 1. The number of carbonyl (C=O) groups excluding carboxylic acids is 1. The third kappa shape index (κ3) is 4.43. The highest BCUT2D eigenvalue weighted by atomic mass is 16.5. The van der Waals surface area contributed by atoms with E-state index in [1.165, 1.54) is 0 Å². The molecule has 1 amide bonds. The number of aliphatic hydroxyl groups is 1. The monoisotopic (exact) mass is 344 g/mol. The molecule has 134 valence electrons. The molecule has 2 N–H and O–H groups in total. The minimum atomic E-state index is -0.627. The van der Waals surface area contributed by atoms with Crippen molar-refractivity contribution in [1.82, 2.24) is 20.4 Å². The molecule has 1 saturated heterocycles. The van der Waals surface area contributed by atoms with Crippen LogP contribution in [0, 0.1) is 0 Å². The van der Waals surface area contributed by atoms with Gasteiger partial charge in [-0.05, 0) is 18.6 Å². The van der Waals surface area contributed by atoms with Crippen LogP contribution < -0.4 is 5.32 Å². The van der Waals surface area contributed by atoms with Crippen LogP contribution >= 0.6 is 0 Å². The van der Waals surface area contributed by atoms with Gasteiger partial charge in [-0.3, -0.25) is 14.7 Å². The van der Waals surface area contributed by atoms with E-state index >= 15 is 0 Å². The third-order valence-electron chi connectivity index (χ3n) is 4.42. The number of nitrogens with zero attached hydrogens (tertiary/aromatic N) is 3. The highest BCUT2D eigenvalue weighted by Gasteiger charge is 2.30. The van der Waals surface area contributed by atoms with Gasteiger partial charge in [0, 0.05) is 37.8 Å². The summed E-state index contributed by atoms with van der Waals surface area (Å²) in [6.45, 7) is 5.93. The molecule has 7 nitrogen and oxygen atoms in total. The number of amides is 1. The predicted molar refractivity (Wildman–Crippen MR) is 92.0 cm³/mol. The zero-order chi connectivity index (χ0) is 17.8. The lowest BCUT2D eigenvalue weighted by Crippen LogP contribution is -2.53. The fourth-order valence-electron chi connectivity index (χ4n) is 2.94. The molecular weight excluding hydrogens is 320 g/mol. The lowest BCUT2D eigenvalue weighted by Gasteiger charge is -2.35. The molecule has 7 heteroatoms. The van der Waals surface area contributed by atoms with E-state index in [0.29, 0.717) is 25.3 Å². The Morgan fingerprint density at radius 3 is 2.96 bits per heavy atom. The van der Waals surface area contributed by atoms with Crippen molar-refractivity contribution in [2.75, 3.05) is 13.1 Å². The molecule has 3 rings (SSSR count). The number of hydrogen-bond donors (Lipinski definition) is 2. The van der Waals surface area contributed by atoms with Gasteiger partial charge in [0.25, 0.3) is 5.91 Å². The van der Waals surface area contributed by atoms with Gasteiger partial charge < -0.3 is 14.9 Å². The predicted octanol–water partition coefficient (Wildman–Crippen LogP) is 1.56. The lowest BCUT2D eigenvalue weighted by atomic mass is 10.0. The number of likely N-dealkylation sites (tertiary alicyclic amines) is 1. The second-order valence-electron chi connectivity index (χ2n) is 6.76. The van der Waals surface area contributed by atoms with E-state index in [0.717, 1.165) is 12.2 Å². The Hall–Kier alpha value is -2.25. The molecule has 2 atom stereocenters. The molecule has 0 bridgehead atoms. The van der Waals surface area contributed by atoms with Gasteiger partial charge in [0.05, 0.1) is 17.8 Å². The highest BCUT2D eigenvalue weighted by molar-refractivity contribution is 5.92. The maximum atomic E-state index is 12.3. The van der Waals surface area contributed by atoms with E-state index in [4.69, 9.17) is 4.52 Å².